The van der Waals surface area contributed by atoms with Crippen molar-refractivity contribution in [2.45, 2.75) is 53.4 Å². The molecule has 3 aromatic heterocycles. The van der Waals surface area contributed by atoms with Gasteiger partial charge in [0, 0.05) is 17.8 Å². The number of carbonyl (C=O) groups is 1. The van der Waals surface area contributed by atoms with Crippen LogP contribution in [-0.4, -0.2) is 52.7 Å². The molecule has 0 radical (unpaired) electrons. The highest BCUT2D eigenvalue weighted by Crippen LogP contribution is 2.43. The quantitative estimate of drug-likeness (QED) is 0.609. The molecule has 7 nitrogen and oxygen atoms in total. The minimum atomic E-state index is -0.211. The number of hydrogen-bond acceptors (Lipinski definition) is 5. The van der Waals surface area contributed by atoms with Crippen LogP contribution in [0, 0.1) is 18.3 Å². The van der Waals surface area contributed by atoms with Gasteiger partial charge in [0.15, 0.2) is 5.65 Å². The summed E-state index contributed by atoms with van der Waals surface area (Å²) in [4.78, 5) is 25.9. The second kappa shape index (κ2) is 7.89. The monoisotopic (exact) mass is 429 g/mol. The first-order chi connectivity index (χ1) is 14.1. The van der Waals surface area contributed by atoms with E-state index in [1.807, 2.05) is 6.92 Å². The minimum absolute atomic E-state index is 0.211. The van der Waals surface area contributed by atoms with Crippen LogP contribution in [0.4, 0.5) is 0 Å². The topological polar surface area (TPSA) is 76.6 Å². The second-order valence-electron chi connectivity index (χ2n) is 9.89. The first-order valence-electron chi connectivity index (χ1n) is 10.9. The van der Waals surface area contributed by atoms with Crippen LogP contribution in [0.2, 0.25) is 0 Å². The number of nitrogens with one attached hydrogen (secondary N) is 2. The summed E-state index contributed by atoms with van der Waals surface area (Å²) >= 11 is 1.79. The molecule has 0 fully saturated rings. The van der Waals surface area contributed by atoms with Crippen LogP contribution < -0.4 is 10.2 Å². The molecule has 1 aliphatic rings. The summed E-state index contributed by atoms with van der Waals surface area (Å²) < 4.78 is 1.74. The predicted octanol–water partition coefficient (Wildman–Crippen LogP) is 2.06. The van der Waals surface area contributed by atoms with Gasteiger partial charge in [0.25, 0.3) is 5.91 Å². The number of fused-ring (bicyclic) bond motifs is 5. The molecule has 1 aliphatic carbocycles. The van der Waals surface area contributed by atoms with Crippen molar-refractivity contribution in [3.05, 3.63) is 22.1 Å². The Balaban J connectivity index is 1.67. The molecule has 1 amide bonds. The number of carbonyl (C=O) groups excluding carboxylic acids is 1. The van der Waals surface area contributed by atoms with Crippen LogP contribution in [0.25, 0.3) is 15.9 Å². The van der Waals surface area contributed by atoms with Crippen molar-refractivity contribution in [2.24, 2.45) is 11.3 Å². The van der Waals surface area contributed by atoms with E-state index in [4.69, 9.17) is 4.98 Å². The van der Waals surface area contributed by atoms with Gasteiger partial charge < -0.3 is 10.2 Å². The van der Waals surface area contributed by atoms with E-state index in [1.165, 1.54) is 21.8 Å². The molecule has 2 N–H and O–H groups in total. The van der Waals surface area contributed by atoms with E-state index in [0.29, 0.717) is 17.9 Å². The van der Waals surface area contributed by atoms with Gasteiger partial charge in [0.05, 0.1) is 26.0 Å². The number of hydrogen-bond donors (Lipinski definition) is 2. The van der Waals surface area contributed by atoms with Crippen molar-refractivity contribution < 1.29 is 9.69 Å². The van der Waals surface area contributed by atoms with Gasteiger partial charge >= 0.3 is 0 Å². The molecule has 0 aromatic carbocycles. The summed E-state index contributed by atoms with van der Waals surface area (Å²) in [6, 6.07) is 0. The summed E-state index contributed by atoms with van der Waals surface area (Å²) in [5, 5.41) is 8.54. The summed E-state index contributed by atoms with van der Waals surface area (Å²) in [7, 11) is 4.22. The highest BCUT2D eigenvalue weighted by atomic mass is 32.1. The Morgan fingerprint density at radius 2 is 2.07 bits per heavy atom. The first-order valence-corrected chi connectivity index (χ1v) is 11.7. The number of rotatable bonds is 5. The lowest BCUT2D eigenvalue weighted by molar-refractivity contribution is -0.858. The van der Waals surface area contributed by atoms with Gasteiger partial charge in [-0.3, -0.25) is 4.79 Å². The van der Waals surface area contributed by atoms with Gasteiger partial charge in [0.2, 0.25) is 5.82 Å². The molecular formula is C22H33N6OS+. The zero-order valence-corrected chi connectivity index (χ0v) is 19.7. The van der Waals surface area contributed by atoms with E-state index >= 15 is 0 Å². The Hall–Kier alpha value is -2.06. The van der Waals surface area contributed by atoms with Crippen molar-refractivity contribution in [3.63, 3.8) is 0 Å². The Morgan fingerprint density at radius 1 is 1.30 bits per heavy atom. The second-order valence-corrected chi connectivity index (χ2v) is 11.0. The molecule has 0 spiro atoms. The standard InChI is InChI=1S/C22H32N6OS/c1-13-24-21-17(15-9-8-14(22(2,3)4)12-16(15)30-21)19-25-18(26-28(13)19)20(29)23-10-7-11-27(5)6/h14H,7-12H2,1-6H3,(H,23,29)/p+1/t14-/m0/s1. The highest BCUT2D eigenvalue weighted by Gasteiger charge is 2.32. The Labute approximate surface area is 181 Å². The van der Waals surface area contributed by atoms with E-state index in [-0.39, 0.29) is 11.7 Å². The van der Waals surface area contributed by atoms with Crippen molar-refractivity contribution in [3.8, 4) is 0 Å². The van der Waals surface area contributed by atoms with E-state index in [9.17, 15) is 4.79 Å². The maximum absolute atomic E-state index is 12.6. The molecule has 3 heterocycles. The van der Waals surface area contributed by atoms with Crippen molar-refractivity contribution >= 4 is 33.1 Å². The third kappa shape index (κ3) is 3.95. The van der Waals surface area contributed by atoms with Crippen LogP contribution in [-0.2, 0) is 12.8 Å². The number of aromatic nitrogens is 4. The third-order valence-corrected chi connectivity index (χ3v) is 7.36. The molecule has 1 atom stereocenters. The van der Waals surface area contributed by atoms with Gasteiger partial charge in [-0.1, -0.05) is 20.8 Å². The number of aryl methyl sites for hydroxylation is 2. The molecule has 3 aromatic rings. The zero-order valence-electron chi connectivity index (χ0n) is 18.9. The maximum atomic E-state index is 12.6. The fourth-order valence-electron chi connectivity index (χ4n) is 4.33. The van der Waals surface area contributed by atoms with Crippen LogP contribution >= 0.6 is 11.3 Å². The Morgan fingerprint density at radius 3 is 2.77 bits per heavy atom. The Kier molecular flexibility index (Phi) is 5.57. The van der Waals surface area contributed by atoms with Crippen molar-refractivity contribution in [1.29, 1.82) is 0 Å². The predicted molar refractivity (Wildman–Crippen MR) is 120 cm³/mol. The number of nitrogens with zero attached hydrogens (tertiary/aromatic N) is 4. The molecule has 0 saturated heterocycles. The molecule has 8 heteroatoms. The molecule has 4 rings (SSSR count). The fraction of sp³-hybridized carbons (Fsp3) is 0.636. The number of amides is 1. The molecule has 0 aliphatic heterocycles. The van der Waals surface area contributed by atoms with Gasteiger partial charge in [-0.15, -0.1) is 16.4 Å². The van der Waals surface area contributed by atoms with Crippen molar-refractivity contribution in [1.82, 2.24) is 24.9 Å². The van der Waals surface area contributed by atoms with Crippen molar-refractivity contribution in [2.75, 3.05) is 27.2 Å². The molecule has 162 valence electrons. The fourth-order valence-corrected chi connectivity index (χ4v) is 5.67. The van der Waals surface area contributed by atoms with Crippen LogP contribution in [0.3, 0.4) is 0 Å². The van der Waals surface area contributed by atoms with Crippen LogP contribution in [0.1, 0.15) is 60.5 Å². The molecule has 0 bridgehead atoms. The SMILES string of the molecule is Cc1nc2sc3c(c2c2nc(C(=O)NCCC[NH+](C)C)nn12)CC[C@H](C(C)(C)C)C3. The maximum Gasteiger partial charge on any atom is 0.290 e. The smallest absolute Gasteiger partial charge is 0.290 e. The molecule has 0 saturated carbocycles. The molecular weight excluding hydrogens is 396 g/mol. The lowest BCUT2D eigenvalue weighted by atomic mass is 9.72. The van der Waals surface area contributed by atoms with Gasteiger partial charge in [-0.25, -0.2) is 9.97 Å². The summed E-state index contributed by atoms with van der Waals surface area (Å²) in [5.41, 5.74) is 2.44. The lowest BCUT2D eigenvalue weighted by Gasteiger charge is -2.33. The van der Waals surface area contributed by atoms with E-state index in [2.05, 4.69) is 50.3 Å². The average molecular weight is 430 g/mol. The van der Waals surface area contributed by atoms with Gasteiger partial charge in [-0.2, -0.15) is 4.52 Å². The lowest BCUT2D eigenvalue weighted by Crippen LogP contribution is -3.05. The Bertz CT molecular complexity index is 1090. The molecule has 30 heavy (non-hydrogen) atoms. The highest BCUT2D eigenvalue weighted by molar-refractivity contribution is 7.19. The van der Waals surface area contributed by atoms with Crippen LogP contribution in [0.5, 0.6) is 0 Å². The average Bonchev–Trinajstić information content (AvgIpc) is 3.25. The number of quaternary nitrogens is 1. The van der Waals surface area contributed by atoms with E-state index in [1.54, 1.807) is 15.9 Å². The third-order valence-electron chi connectivity index (χ3n) is 6.21. The van der Waals surface area contributed by atoms with E-state index in [0.717, 1.165) is 47.5 Å². The van der Waals surface area contributed by atoms with E-state index < -0.39 is 0 Å². The summed E-state index contributed by atoms with van der Waals surface area (Å²) in [5.74, 6) is 1.47. The molecule has 0 unspecified atom stereocenters. The summed E-state index contributed by atoms with van der Waals surface area (Å²) in [6.45, 7) is 10.6. The summed E-state index contributed by atoms with van der Waals surface area (Å²) in [6.07, 6.45) is 4.25. The normalized spacial score (nSPS) is 17.1. The zero-order chi connectivity index (χ0) is 21.6. The first kappa shape index (κ1) is 21.2. The van der Waals surface area contributed by atoms with Gasteiger partial charge in [0.1, 0.15) is 10.7 Å². The van der Waals surface area contributed by atoms with Crippen LogP contribution in [0.15, 0.2) is 0 Å². The minimum Gasteiger partial charge on any atom is -0.349 e. The van der Waals surface area contributed by atoms with Gasteiger partial charge in [-0.05, 0) is 43.1 Å². The largest absolute Gasteiger partial charge is 0.349 e. The number of thiophene rings is 1.